The molecule has 1 fully saturated rings. The molecule has 1 aliphatic heterocycles. The summed E-state index contributed by atoms with van der Waals surface area (Å²) in [6.07, 6.45) is 5.68. The van der Waals surface area contributed by atoms with Crippen LogP contribution in [0.25, 0.3) is 5.82 Å². The minimum Gasteiger partial charge on any atom is -0.352 e. The second kappa shape index (κ2) is 10.0. The lowest BCUT2D eigenvalue weighted by Crippen LogP contribution is -2.33. The summed E-state index contributed by atoms with van der Waals surface area (Å²) in [5.41, 5.74) is 2.38. The van der Waals surface area contributed by atoms with E-state index in [4.69, 9.17) is 12.2 Å². The number of carbonyl (C=O) groups is 1. The summed E-state index contributed by atoms with van der Waals surface area (Å²) in [6, 6.07) is 20.8. The fraction of sp³-hybridized carbons (Fsp3) is 0.154. The molecule has 1 aliphatic rings. The first kappa shape index (κ1) is 22.7. The molecule has 3 aromatic heterocycles. The van der Waals surface area contributed by atoms with Crippen LogP contribution in [0.15, 0.2) is 91.4 Å². The van der Waals surface area contributed by atoms with Crippen molar-refractivity contribution >= 4 is 28.9 Å². The number of amides is 1. The van der Waals surface area contributed by atoms with Crippen molar-refractivity contribution in [3.63, 3.8) is 0 Å². The highest BCUT2D eigenvalue weighted by Gasteiger charge is 2.41. The van der Waals surface area contributed by atoms with Gasteiger partial charge in [0, 0.05) is 42.9 Å². The molecule has 7 nitrogen and oxygen atoms in total. The Morgan fingerprint density at radius 2 is 1.77 bits per heavy atom. The van der Waals surface area contributed by atoms with E-state index in [1.807, 2.05) is 64.2 Å². The molecular weight excluding hydrogens is 463 g/mol. The number of nitrogens with one attached hydrogen (secondary N) is 2. The molecule has 0 aliphatic carbocycles. The highest BCUT2D eigenvalue weighted by Crippen LogP contribution is 2.39. The molecule has 176 valence electrons. The van der Waals surface area contributed by atoms with Crippen LogP contribution >= 0.6 is 12.2 Å². The lowest BCUT2D eigenvalue weighted by molar-refractivity contribution is -0.116. The van der Waals surface area contributed by atoms with Crippen LogP contribution in [0.3, 0.4) is 0 Å². The molecule has 5 rings (SSSR count). The molecule has 1 saturated heterocycles. The van der Waals surface area contributed by atoms with Gasteiger partial charge < -0.3 is 20.1 Å². The normalized spacial score (nSPS) is 17.3. The number of benzene rings is 1. The maximum Gasteiger partial charge on any atom is 0.226 e. The fourth-order valence-corrected chi connectivity index (χ4v) is 4.62. The third-order valence-corrected chi connectivity index (χ3v) is 6.24. The Balaban J connectivity index is 1.42. The zero-order valence-electron chi connectivity index (χ0n) is 18.7. The maximum atomic E-state index is 13.2. The number of carbonyl (C=O) groups excluding carboxylic acids is 1. The van der Waals surface area contributed by atoms with Gasteiger partial charge in [-0.1, -0.05) is 12.1 Å². The molecule has 0 saturated carbocycles. The van der Waals surface area contributed by atoms with Crippen LogP contribution in [0.4, 0.5) is 10.1 Å². The van der Waals surface area contributed by atoms with E-state index in [9.17, 15) is 9.18 Å². The number of halogens is 1. The molecule has 1 aromatic carbocycles. The van der Waals surface area contributed by atoms with Gasteiger partial charge in [-0.3, -0.25) is 9.78 Å². The lowest BCUT2D eigenvalue weighted by Gasteiger charge is -2.28. The highest BCUT2D eigenvalue weighted by molar-refractivity contribution is 7.80. The molecule has 4 heterocycles. The Labute approximate surface area is 207 Å². The number of rotatable bonds is 7. The fourth-order valence-electron chi connectivity index (χ4n) is 4.29. The minimum atomic E-state index is -0.351. The van der Waals surface area contributed by atoms with Crippen LogP contribution in [0.1, 0.15) is 29.9 Å². The molecule has 2 N–H and O–H groups in total. The van der Waals surface area contributed by atoms with E-state index in [1.54, 1.807) is 12.4 Å². The Morgan fingerprint density at radius 3 is 2.49 bits per heavy atom. The van der Waals surface area contributed by atoms with Gasteiger partial charge in [0.25, 0.3) is 0 Å². The molecule has 9 heteroatoms. The summed E-state index contributed by atoms with van der Waals surface area (Å²) in [4.78, 5) is 23.8. The second-order valence-corrected chi connectivity index (χ2v) is 8.50. The summed E-state index contributed by atoms with van der Waals surface area (Å²) < 4.78 is 15.2. The summed E-state index contributed by atoms with van der Waals surface area (Å²) in [5.74, 6) is 0.259. The molecule has 0 radical (unpaired) electrons. The van der Waals surface area contributed by atoms with Crippen molar-refractivity contribution in [1.29, 1.82) is 0 Å². The largest absolute Gasteiger partial charge is 0.352 e. The molecular formula is C26H23FN6OS. The second-order valence-electron chi connectivity index (χ2n) is 8.12. The molecule has 0 spiro atoms. The van der Waals surface area contributed by atoms with Crippen molar-refractivity contribution in [3.8, 4) is 5.82 Å². The standard InChI is InChI=1S/C26H23FN6OS/c27-18-9-11-19(12-10-18)30-23(34)13-17-33-25(24(31-26(33)35)20-6-1-3-14-28-20)21-7-5-16-32(21)22-8-2-4-15-29-22/h1-12,14-16,24-25H,13,17H2,(H,30,34)(H,31,35)/t24-,25+/m0/s1. The third kappa shape index (κ3) is 4.90. The van der Waals surface area contributed by atoms with E-state index >= 15 is 0 Å². The Morgan fingerprint density at radius 1 is 1.00 bits per heavy atom. The van der Waals surface area contributed by atoms with Crippen LogP contribution in [0, 0.1) is 5.82 Å². The van der Waals surface area contributed by atoms with Crippen LogP contribution in [0.5, 0.6) is 0 Å². The monoisotopic (exact) mass is 486 g/mol. The highest BCUT2D eigenvalue weighted by atomic mass is 32.1. The summed E-state index contributed by atoms with van der Waals surface area (Å²) in [6.45, 7) is 0.389. The first-order valence-corrected chi connectivity index (χ1v) is 11.6. The van der Waals surface area contributed by atoms with Crippen LogP contribution in [-0.2, 0) is 4.79 Å². The number of thiocarbonyl (C=S) groups is 1. The predicted molar refractivity (Wildman–Crippen MR) is 135 cm³/mol. The smallest absolute Gasteiger partial charge is 0.226 e. The SMILES string of the molecule is O=C(CCN1C(=S)N[C@@H](c2ccccn2)[C@H]1c1cccn1-c1ccccn1)Nc1ccc(F)cc1. The first-order valence-electron chi connectivity index (χ1n) is 11.2. The average Bonchev–Trinajstić information content (AvgIpc) is 3.49. The van der Waals surface area contributed by atoms with E-state index < -0.39 is 0 Å². The van der Waals surface area contributed by atoms with Crippen molar-refractivity contribution in [3.05, 3.63) is 109 Å². The van der Waals surface area contributed by atoms with Crippen LogP contribution in [0.2, 0.25) is 0 Å². The summed E-state index contributed by atoms with van der Waals surface area (Å²) in [7, 11) is 0. The van der Waals surface area contributed by atoms with E-state index in [0.29, 0.717) is 17.3 Å². The van der Waals surface area contributed by atoms with Crippen molar-refractivity contribution in [2.24, 2.45) is 0 Å². The quantitative estimate of drug-likeness (QED) is 0.377. The number of pyridine rings is 2. The molecule has 0 bridgehead atoms. The Hall–Kier alpha value is -4.11. The average molecular weight is 487 g/mol. The maximum absolute atomic E-state index is 13.2. The van der Waals surface area contributed by atoms with Crippen molar-refractivity contribution in [1.82, 2.24) is 24.8 Å². The van der Waals surface area contributed by atoms with Gasteiger partial charge >= 0.3 is 0 Å². The van der Waals surface area contributed by atoms with Crippen LogP contribution < -0.4 is 10.6 Å². The molecule has 35 heavy (non-hydrogen) atoms. The van der Waals surface area contributed by atoms with E-state index in [-0.39, 0.29) is 30.2 Å². The molecule has 2 atom stereocenters. The summed E-state index contributed by atoms with van der Waals surface area (Å²) >= 11 is 5.71. The van der Waals surface area contributed by atoms with Gasteiger partial charge in [0.2, 0.25) is 5.91 Å². The van der Waals surface area contributed by atoms with Gasteiger partial charge in [0.1, 0.15) is 11.6 Å². The zero-order chi connectivity index (χ0) is 24.2. The number of anilines is 1. The van der Waals surface area contributed by atoms with E-state index in [1.165, 1.54) is 24.3 Å². The van der Waals surface area contributed by atoms with Crippen molar-refractivity contribution < 1.29 is 9.18 Å². The third-order valence-electron chi connectivity index (χ3n) is 5.88. The summed E-state index contributed by atoms with van der Waals surface area (Å²) in [5, 5.41) is 6.77. The lowest BCUT2D eigenvalue weighted by atomic mass is 10.0. The van der Waals surface area contributed by atoms with Crippen molar-refractivity contribution in [2.45, 2.75) is 18.5 Å². The Bertz CT molecular complexity index is 1310. The van der Waals surface area contributed by atoms with E-state index in [2.05, 4.69) is 20.6 Å². The molecule has 0 unspecified atom stereocenters. The van der Waals surface area contributed by atoms with Crippen LogP contribution in [-0.4, -0.2) is 37.0 Å². The predicted octanol–water partition coefficient (Wildman–Crippen LogP) is 4.41. The van der Waals surface area contributed by atoms with Gasteiger partial charge in [-0.25, -0.2) is 9.37 Å². The molecule has 4 aromatic rings. The van der Waals surface area contributed by atoms with Gasteiger partial charge in [-0.2, -0.15) is 0 Å². The topological polar surface area (TPSA) is 75.1 Å². The van der Waals surface area contributed by atoms with Gasteiger partial charge in [-0.05, 0) is 72.9 Å². The minimum absolute atomic E-state index is 0.181. The number of aromatic nitrogens is 3. The van der Waals surface area contributed by atoms with Crippen molar-refractivity contribution in [2.75, 3.05) is 11.9 Å². The molecule has 1 amide bonds. The van der Waals surface area contributed by atoms with E-state index in [0.717, 1.165) is 17.2 Å². The van der Waals surface area contributed by atoms with Gasteiger partial charge in [0.05, 0.1) is 17.8 Å². The number of hydrogen-bond acceptors (Lipinski definition) is 4. The number of hydrogen-bond donors (Lipinski definition) is 2. The van der Waals surface area contributed by atoms with Gasteiger partial charge in [0.15, 0.2) is 5.11 Å². The number of nitrogens with zero attached hydrogens (tertiary/aromatic N) is 4. The zero-order valence-corrected chi connectivity index (χ0v) is 19.5. The van der Waals surface area contributed by atoms with Gasteiger partial charge in [-0.15, -0.1) is 0 Å². The first-order chi connectivity index (χ1) is 17.1. The Kier molecular flexibility index (Phi) is 6.49.